The molecular weight excluding hydrogens is 252 g/mol. The molecule has 0 amide bonds. The number of hydrogen-bond acceptors (Lipinski definition) is 3. The van der Waals surface area contributed by atoms with Crippen LogP contribution < -0.4 is 4.74 Å². The second-order valence-corrected chi connectivity index (χ2v) is 6.77. The molecule has 3 nitrogen and oxygen atoms in total. The minimum absolute atomic E-state index is 0.0975. The van der Waals surface area contributed by atoms with Gasteiger partial charge >= 0.3 is 5.97 Å². The number of hydrogen-bond donors (Lipinski definition) is 1. The molecule has 1 aliphatic carbocycles. The summed E-state index contributed by atoms with van der Waals surface area (Å²) >= 11 is 0. The second kappa shape index (κ2) is 4.80. The van der Waals surface area contributed by atoms with E-state index in [4.69, 9.17) is 4.74 Å². The minimum atomic E-state index is -0.406. The molecule has 1 atom stereocenters. The van der Waals surface area contributed by atoms with Crippen LogP contribution in [-0.2, 0) is 10.2 Å². The zero-order valence-corrected chi connectivity index (χ0v) is 13.0. The molecule has 1 fully saturated rings. The van der Waals surface area contributed by atoms with Crippen LogP contribution in [0.5, 0.6) is 11.5 Å². The number of benzene rings is 1. The maximum Gasteiger partial charge on any atom is 0.308 e. The zero-order chi connectivity index (χ0) is 15.1. The van der Waals surface area contributed by atoms with E-state index in [0.29, 0.717) is 5.75 Å². The Kier molecular flexibility index (Phi) is 3.57. The maximum absolute atomic E-state index is 11.2. The number of carbonyl (C=O) groups is 1. The smallest absolute Gasteiger partial charge is 0.308 e. The van der Waals surface area contributed by atoms with Crippen molar-refractivity contribution < 1.29 is 14.6 Å². The van der Waals surface area contributed by atoms with E-state index in [1.54, 1.807) is 0 Å². The van der Waals surface area contributed by atoms with E-state index < -0.39 is 5.97 Å². The highest BCUT2D eigenvalue weighted by Crippen LogP contribution is 2.57. The molecule has 20 heavy (non-hydrogen) atoms. The van der Waals surface area contributed by atoms with Crippen molar-refractivity contribution in [1.29, 1.82) is 0 Å². The third kappa shape index (κ3) is 2.19. The van der Waals surface area contributed by atoms with Gasteiger partial charge in [0.2, 0.25) is 0 Å². The summed E-state index contributed by atoms with van der Waals surface area (Å²) < 4.78 is 5.20. The number of aromatic hydroxyl groups is 1. The van der Waals surface area contributed by atoms with Gasteiger partial charge in [-0.2, -0.15) is 0 Å². The highest BCUT2D eigenvalue weighted by molar-refractivity contribution is 5.71. The number of rotatable bonds is 2. The summed E-state index contributed by atoms with van der Waals surface area (Å²) in [5.74, 6) is 0.0213. The molecule has 0 heterocycles. The summed E-state index contributed by atoms with van der Waals surface area (Å²) in [6, 6.07) is 3.90. The van der Waals surface area contributed by atoms with Gasteiger partial charge in [-0.3, -0.25) is 4.79 Å². The van der Waals surface area contributed by atoms with E-state index in [2.05, 4.69) is 20.8 Å². The maximum atomic E-state index is 11.2. The van der Waals surface area contributed by atoms with Crippen molar-refractivity contribution in [2.45, 2.75) is 59.3 Å². The molecule has 1 saturated carbocycles. The lowest BCUT2D eigenvalue weighted by atomic mass is 9.65. The third-order valence-corrected chi connectivity index (χ3v) is 5.14. The number of esters is 1. The Labute approximate surface area is 121 Å². The Morgan fingerprint density at radius 2 is 1.90 bits per heavy atom. The average molecular weight is 276 g/mol. The van der Waals surface area contributed by atoms with Crippen LogP contribution in [-0.4, -0.2) is 11.1 Å². The van der Waals surface area contributed by atoms with Crippen LogP contribution in [0.3, 0.4) is 0 Å². The van der Waals surface area contributed by atoms with Crippen molar-refractivity contribution in [3.63, 3.8) is 0 Å². The van der Waals surface area contributed by atoms with Crippen molar-refractivity contribution in [2.75, 3.05) is 0 Å². The van der Waals surface area contributed by atoms with Crippen LogP contribution in [0.15, 0.2) is 12.1 Å². The first-order chi connectivity index (χ1) is 9.19. The summed E-state index contributed by atoms with van der Waals surface area (Å²) in [6.07, 6.45) is 3.33. The first kappa shape index (κ1) is 14.9. The van der Waals surface area contributed by atoms with Crippen molar-refractivity contribution in [2.24, 2.45) is 5.41 Å². The van der Waals surface area contributed by atoms with E-state index in [9.17, 15) is 9.90 Å². The predicted octanol–water partition coefficient (Wildman–Crippen LogP) is 4.09. The van der Waals surface area contributed by atoms with Gasteiger partial charge in [-0.1, -0.05) is 39.3 Å². The average Bonchev–Trinajstić information content (AvgIpc) is 2.59. The van der Waals surface area contributed by atoms with E-state index in [0.717, 1.165) is 30.4 Å². The molecule has 2 rings (SSSR count). The summed E-state index contributed by atoms with van der Waals surface area (Å²) in [4.78, 5) is 11.2. The second-order valence-electron chi connectivity index (χ2n) is 6.77. The Balaban J connectivity index is 2.56. The van der Waals surface area contributed by atoms with Gasteiger partial charge < -0.3 is 9.84 Å². The Hall–Kier alpha value is -1.51. The van der Waals surface area contributed by atoms with Crippen LogP contribution in [0.25, 0.3) is 0 Å². The Morgan fingerprint density at radius 3 is 2.40 bits per heavy atom. The van der Waals surface area contributed by atoms with Crippen LogP contribution in [0.1, 0.15) is 58.1 Å². The lowest BCUT2D eigenvalue weighted by molar-refractivity contribution is -0.132. The van der Waals surface area contributed by atoms with Crippen LogP contribution in [0, 0.1) is 12.3 Å². The highest BCUT2D eigenvalue weighted by atomic mass is 16.5. The SMILES string of the molecule is CC(=O)Oc1c(C)ccc(C2(C)CCCC2(C)C)c1O. The van der Waals surface area contributed by atoms with Gasteiger partial charge in [0.1, 0.15) is 0 Å². The van der Waals surface area contributed by atoms with Crippen molar-refractivity contribution in [3.8, 4) is 11.5 Å². The monoisotopic (exact) mass is 276 g/mol. The molecular formula is C17H24O3. The number of phenolic OH excluding ortho intramolecular Hbond substituents is 1. The molecule has 0 aromatic heterocycles. The summed E-state index contributed by atoms with van der Waals surface area (Å²) in [6.45, 7) is 9.87. The summed E-state index contributed by atoms with van der Waals surface area (Å²) in [5.41, 5.74) is 1.69. The fraction of sp³-hybridized carbons (Fsp3) is 0.588. The Bertz CT molecular complexity index is 545. The zero-order valence-electron chi connectivity index (χ0n) is 13.0. The first-order valence-electron chi connectivity index (χ1n) is 7.20. The first-order valence-corrected chi connectivity index (χ1v) is 7.20. The normalized spacial score (nSPS) is 24.6. The molecule has 3 heteroatoms. The van der Waals surface area contributed by atoms with Gasteiger partial charge in [0.05, 0.1) is 0 Å². The molecule has 1 unspecified atom stereocenters. The molecule has 0 saturated heterocycles. The minimum Gasteiger partial charge on any atom is -0.504 e. The number of ether oxygens (including phenoxy) is 1. The van der Waals surface area contributed by atoms with Crippen molar-refractivity contribution >= 4 is 5.97 Å². The molecule has 1 aromatic rings. The van der Waals surface area contributed by atoms with Crippen LogP contribution in [0.4, 0.5) is 0 Å². The van der Waals surface area contributed by atoms with Gasteiger partial charge in [0.25, 0.3) is 0 Å². The fourth-order valence-corrected chi connectivity index (χ4v) is 3.39. The summed E-state index contributed by atoms with van der Waals surface area (Å²) in [5, 5.41) is 10.6. The molecule has 0 spiro atoms. The molecule has 0 radical (unpaired) electrons. The van der Waals surface area contributed by atoms with Gasteiger partial charge in [-0.25, -0.2) is 0 Å². The largest absolute Gasteiger partial charge is 0.504 e. The van der Waals surface area contributed by atoms with E-state index in [1.165, 1.54) is 6.92 Å². The van der Waals surface area contributed by atoms with E-state index >= 15 is 0 Å². The van der Waals surface area contributed by atoms with Crippen molar-refractivity contribution in [1.82, 2.24) is 0 Å². The third-order valence-electron chi connectivity index (χ3n) is 5.14. The van der Waals surface area contributed by atoms with Gasteiger partial charge in [-0.15, -0.1) is 0 Å². The fourth-order valence-electron chi connectivity index (χ4n) is 3.39. The number of phenols is 1. The van der Waals surface area contributed by atoms with Crippen LogP contribution >= 0.6 is 0 Å². The lowest BCUT2D eigenvalue weighted by Gasteiger charge is -2.39. The quantitative estimate of drug-likeness (QED) is 0.653. The molecule has 1 aromatic carbocycles. The predicted molar refractivity (Wildman–Crippen MR) is 79.1 cm³/mol. The van der Waals surface area contributed by atoms with Gasteiger partial charge in [-0.05, 0) is 30.7 Å². The van der Waals surface area contributed by atoms with Crippen LogP contribution in [0.2, 0.25) is 0 Å². The van der Waals surface area contributed by atoms with Gasteiger partial charge in [0, 0.05) is 17.9 Å². The van der Waals surface area contributed by atoms with Gasteiger partial charge in [0.15, 0.2) is 11.5 Å². The molecule has 0 bridgehead atoms. The topological polar surface area (TPSA) is 46.5 Å². The molecule has 0 aliphatic heterocycles. The van der Waals surface area contributed by atoms with E-state index in [-0.39, 0.29) is 16.6 Å². The number of aryl methyl sites for hydroxylation is 1. The highest BCUT2D eigenvalue weighted by Gasteiger charge is 2.47. The number of carbonyl (C=O) groups excluding carboxylic acids is 1. The molecule has 1 aliphatic rings. The molecule has 110 valence electrons. The summed E-state index contributed by atoms with van der Waals surface area (Å²) in [7, 11) is 0. The lowest BCUT2D eigenvalue weighted by Crippen LogP contribution is -2.34. The molecule has 1 N–H and O–H groups in total. The van der Waals surface area contributed by atoms with Crippen molar-refractivity contribution in [3.05, 3.63) is 23.3 Å². The Morgan fingerprint density at radius 1 is 1.25 bits per heavy atom. The van der Waals surface area contributed by atoms with E-state index in [1.807, 2.05) is 19.1 Å². The standard InChI is InChI=1S/C17H24O3/c1-11-7-8-13(14(19)15(11)20-12(2)18)17(5)10-6-9-16(17,3)4/h7-8,19H,6,9-10H2,1-5H3.